The van der Waals surface area contributed by atoms with Crippen molar-refractivity contribution in [1.82, 2.24) is 25.6 Å². The largest absolute Gasteiger partial charge is 0.348 e. The van der Waals surface area contributed by atoms with Crippen molar-refractivity contribution in [2.45, 2.75) is 57.7 Å². The second-order valence-electron chi connectivity index (χ2n) is 6.75. The minimum atomic E-state index is -0.147. The SMILES string of the molecule is Cn1cc(C(=O)NC2CC(C)(C)NC(C)(C)C2)nn1. The van der Waals surface area contributed by atoms with Gasteiger partial charge in [-0.1, -0.05) is 5.21 Å². The average Bonchev–Trinajstić information content (AvgIpc) is 2.59. The Morgan fingerprint density at radius 3 is 2.42 bits per heavy atom. The maximum atomic E-state index is 12.1. The fourth-order valence-corrected chi connectivity index (χ4v) is 3.14. The first-order valence-electron chi connectivity index (χ1n) is 6.63. The van der Waals surface area contributed by atoms with Crippen molar-refractivity contribution in [3.63, 3.8) is 0 Å². The standard InChI is InChI=1S/C13H23N5O/c1-12(2)6-9(7-13(3,4)16-12)14-11(19)10-8-18(5)17-15-10/h8-9,16H,6-7H2,1-5H3,(H,14,19). The number of rotatable bonds is 2. The Kier molecular flexibility index (Phi) is 3.38. The number of aryl methyl sites for hydroxylation is 1. The van der Waals surface area contributed by atoms with Crippen LogP contribution in [0.2, 0.25) is 0 Å². The second-order valence-corrected chi connectivity index (χ2v) is 6.75. The number of nitrogens with one attached hydrogen (secondary N) is 2. The maximum Gasteiger partial charge on any atom is 0.273 e. The fraction of sp³-hybridized carbons (Fsp3) is 0.769. The molecule has 1 amide bonds. The molecule has 2 heterocycles. The molecule has 0 aromatic carbocycles. The van der Waals surface area contributed by atoms with E-state index in [1.165, 1.54) is 4.68 Å². The molecule has 6 heteroatoms. The van der Waals surface area contributed by atoms with E-state index in [1.54, 1.807) is 13.2 Å². The summed E-state index contributed by atoms with van der Waals surface area (Å²) in [6.45, 7) is 8.65. The summed E-state index contributed by atoms with van der Waals surface area (Å²) in [5.41, 5.74) is 0.404. The van der Waals surface area contributed by atoms with E-state index in [0.29, 0.717) is 5.69 Å². The van der Waals surface area contributed by atoms with Crippen molar-refractivity contribution in [3.05, 3.63) is 11.9 Å². The molecule has 0 spiro atoms. The molecule has 0 aliphatic carbocycles. The van der Waals surface area contributed by atoms with E-state index in [-0.39, 0.29) is 23.0 Å². The molecule has 2 rings (SSSR count). The molecule has 1 aromatic rings. The molecule has 1 aliphatic heterocycles. The van der Waals surface area contributed by atoms with Gasteiger partial charge < -0.3 is 10.6 Å². The lowest BCUT2D eigenvalue weighted by atomic mass is 9.79. The zero-order valence-electron chi connectivity index (χ0n) is 12.3. The molecule has 0 radical (unpaired) electrons. The molecule has 106 valence electrons. The fourth-order valence-electron chi connectivity index (χ4n) is 3.14. The summed E-state index contributed by atoms with van der Waals surface area (Å²) in [6.07, 6.45) is 3.44. The van der Waals surface area contributed by atoms with Crippen LogP contribution in [-0.4, -0.2) is 38.0 Å². The van der Waals surface area contributed by atoms with Crippen LogP contribution in [-0.2, 0) is 7.05 Å². The van der Waals surface area contributed by atoms with Crippen molar-refractivity contribution in [2.24, 2.45) is 7.05 Å². The van der Waals surface area contributed by atoms with Crippen molar-refractivity contribution in [3.8, 4) is 0 Å². The number of aromatic nitrogens is 3. The summed E-state index contributed by atoms with van der Waals surface area (Å²) in [4.78, 5) is 12.1. The molecular formula is C13H23N5O. The predicted octanol–water partition coefficient (Wildman–Crippen LogP) is 0.854. The molecule has 0 unspecified atom stereocenters. The summed E-state index contributed by atoms with van der Waals surface area (Å²) < 4.78 is 1.53. The Balaban J connectivity index is 2.04. The van der Waals surface area contributed by atoms with Crippen LogP contribution >= 0.6 is 0 Å². The van der Waals surface area contributed by atoms with E-state index >= 15 is 0 Å². The van der Waals surface area contributed by atoms with Crippen LogP contribution < -0.4 is 10.6 Å². The monoisotopic (exact) mass is 265 g/mol. The van der Waals surface area contributed by atoms with E-state index < -0.39 is 0 Å². The summed E-state index contributed by atoms with van der Waals surface area (Å²) in [6, 6.07) is 0.153. The Labute approximate surface area is 113 Å². The van der Waals surface area contributed by atoms with Crippen molar-refractivity contribution in [1.29, 1.82) is 0 Å². The van der Waals surface area contributed by atoms with E-state index in [9.17, 15) is 4.79 Å². The lowest BCUT2D eigenvalue weighted by Crippen LogP contribution is -2.62. The number of carbonyl (C=O) groups excluding carboxylic acids is 1. The van der Waals surface area contributed by atoms with Crippen LogP contribution in [0.5, 0.6) is 0 Å². The maximum absolute atomic E-state index is 12.1. The third-order valence-corrected chi connectivity index (χ3v) is 3.36. The molecule has 0 saturated carbocycles. The van der Waals surface area contributed by atoms with E-state index in [4.69, 9.17) is 0 Å². The van der Waals surface area contributed by atoms with Crippen molar-refractivity contribution in [2.75, 3.05) is 0 Å². The second kappa shape index (κ2) is 4.59. The summed E-state index contributed by atoms with van der Waals surface area (Å²) in [5, 5.41) is 14.3. The number of carbonyl (C=O) groups is 1. The zero-order chi connectivity index (χ0) is 14.3. The topological polar surface area (TPSA) is 71.8 Å². The summed E-state index contributed by atoms with van der Waals surface area (Å²) >= 11 is 0. The Hall–Kier alpha value is -1.43. The van der Waals surface area contributed by atoms with Gasteiger partial charge in [-0.3, -0.25) is 9.48 Å². The number of nitrogens with zero attached hydrogens (tertiary/aromatic N) is 3. The summed E-state index contributed by atoms with van der Waals surface area (Å²) in [5.74, 6) is -0.147. The normalized spacial score (nSPS) is 22.2. The number of hydrogen-bond acceptors (Lipinski definition) is 4. The third-order valence-electron chi connectivity index (χ3n) is 3.36. The van der Waals surface area contributed by atoms with Gasteiger partial charge in [0, 0.05) is 24.2 Å². The van der Waals surface area contributed by atoms with Gasteiger partial charge in [0.15, 0.2) is 5.69 Å². The van der Waals surface area contributed by atoms with Gasteiger partial charge in [0.05, 0.1) is 6.20 Å². The van der Waals surface area contributed by atoms with Crippen molar-refractivity contribution >= 4 is 5.91 Å². The molecule has 19 heavy (non-hydrogen) atoms. The smallest absolute Gasteiger partial charge is 0.273 e. The Morgan fingerprint density at radius 1 is 1.37 bits per heavy atom. The number of hydrogen-bond donors (Lipinski definition) is 2. The third kappa shape index (κ3) is 3.53. The minimum Gasteiger partial charge on any atom is -0.348 e. The van der Waals surface area contributed by atoms with Crippen LogP contribution in [0.4, 0.5) is 0 Å². The van der Waals surface area contributed by atoms with Crippen LogP contribution in [0.1, 0.15) is 51.0 Å². The van der Waals surface area contributed by atoms with Gasteiger partial charge in [0.2, 0.25) is 0 Å². The molecule has 1 aliphatic rings. The lowest BCUT2D eigenvalue weighted by molar-refractivity contribution is 0.0868. The zero-order valence-corrected chi connectivity index (χ0v) is 12.3. The van der Waals surface area contributed by atoms with Gasteiger partial charge in [-0.15, -0.1) is 5.10 Å². The first-order valence-corrected chi connectivity index (χ1v) is 6.63. The molecule has 2 N–H and O–H groups in total. The minimum absolute atomic E-state index is 0.0159. The van der Waals surface area contributed by atoms with Gasteiger partial charge in [-0.2, -0.15) is 0 Å². The summed E-state index contributed by atoms with van der Waals surface area (Å²) in [7, 11) is 1.75. The van der Waals surface area contributed by atoms with Crippen LogP contribution in [0.25, 0.3) is 0 Å². The van der Waals surface area contributed by atoms with Crippen molar-refractivity contribution < 1.29 is 4.79 Å². The molecular weight excluding hydrogens is 242 g/mol. The highest BCUT2D eigenvalue weighted by Crippen LogP contribution is 2.28. The molecule has 0 bridgehead atoms. The van der Waals surface area contributed by atoms with E-state index in [0.717, 1.165) is 12.8 Å². The average molecular weight is 265 g/mol. The molecule has 1 fully saturated rings. The van der Waals surface area contributed by atoms with Gasteiger partial charge in [-0.25, -0.2) is 0 Å². The van der Waals surface area contributed by atoms with E-state index in [2.05, 4.69) is 48.6 Å². The van der Waals surface area contributed by atoms with Gasteiger partial charge in [0.1, 0.15) is 0 Å². The van der Waals surface area contributed by atoms with Crippen LogP contribution in [0.15, 0.2) is 6.20 Å². The van der Waals surface area contributed by atoms with Crippen LogP contribution in [0, 0.1) is 0 Å². The molecule has 6 nitrogen and oxygen atoms in total. The lowest BCUT2D eigenvalue weighted by Gasteiger charge is -2.46. The van der Waals surface area contributed by atoms with E-state index in [1.807, 2.05) is 0 Å². The molecule has 0 atom stereocenters. The van der Waals surface area contributed by atoms with Gasteiger partial charge in [0.25, 0.3) is 5.91 Å². The van der Waals surface area contributed by atoms with Gasteiger partial charge >= 0.3 is 0 Å². The number of piperidine rings is 1. The van der Waals surface area contributed by atoms with Crippen LogP contribution in [0.3, 0.4) is 0 Å². The Bertz CT molecular complexity index is 461. The highest BCUT2D eigenvalue weighted by molar-refractivity contribution is 5.92. The Morgan fingerprint density at radius 2 is 1.95 bits per heavy atom. The molecule has 1 aromatic heterocycles. The first-order chi connectivity index (χ1) is 8.67. The predicted molar refractivity (Wildman–Crippen MR) is 72.8 cm³/mol. The highest BCUT2D eigenvalue weighted by Gasteiger charge is 2.38. The van der Waals surface area contributed by atoms with Gasteiger partial charge in [-0.05, 0) is 40.5 Å². The number of amides is 1. The first kappa shape index (κ1) is 14.0. The molecule has 1 saturated heterocycles. The quantitative estimate of drug-likeness (QED) is 0.831. The highest BCUT2D eigenvalue weighted by atomic mass is 16.2.